The lowest BCUT2D eigenvalue weighted by atomic mass is 10.1. The third kappa shape index (κ3) is 6.19. The van der Waals surface area contributed by atoms with Gasteiger partial charge in [-0.05, 0) is 51.7 Å². The summed E-state index contributed by atoms with van der Waals surface area (Å²) in [6.07, 6.45) is 1.84. The van der Waals surface area contributed by atoms with Crippen LogP contribution in [0.5, 0.6) is 11.5 Å². The first kappa shape index (κ1) is 21.6. The molecule has 3 rings (SSSR count). The van der Waals surface area contributed by atoms with Gasteiger partial charge in [-0.25, -0.2) is 5.43 Å². The number of benzene rings is 3. The van der Waals surface area contributed by atoms with Crippen molar-refractivity contribution in [2.24, 2.45) is 5.10 Å². The van der Waals surface area contributed by atoms with Gasteiger partial charge in [-0.1, -0.05) is 60.2 Å². The van der Waals surface area contributed by atoms with Crippen LogP contribution >= 0.6 is 15.9 Å². The number of hydrazone groups is 1. The molecule has 5 nitrogen and oxygen atoms in total. The fourth-order valence-electron chi connectivity index (χ4n) is 2.79. The maximum absolute atomic E-state index is 12.0. The van der Waals surface area contributed by atoms with Crippen LogP contribution in [-0.4, -0.2) is 19.2 Å². The van der Waals surface area contributed by atoms with Gasteiger partial charge < -0.3 is 9.47 Å². The molecular formula is C24H23BrN2O3. The van der Waals surface area contributed by atoms with Gasteiger partial charge in [0, 0.05) is 0 Å². The molecule has 0 aromatic heterocycles. The molecule has 1 amide bonds. The van der Waals surface area contributed by atoms with E-state index >= 15 is 0 Å². The topological polar surface area (TPSA) is 59.9 Å². The number of hydrogen-bond donors (Lipinski definition) is 1. The standard InChI is InChI=1S/C24H23BrN2O3/c1-17-8-10-19(11-9-17)16-30-24-21(25)12-20(13-22(24)29-2)15-26-27-23(28)14-18-6-4-3-5-7-18/h3-13,15H,14,16H2,1-2H3,(H,27,28)/b26-15-. The van der Waals surface area contributed by atoms with E-state index in [1.54, 1.807) is 13.3 Å². The molecular weight excluding hydrogens is 444 g/mol. The minimum absolute atomic E-state index is 0.179. The van der Waals surface area contributed by atoms with Crippen molar-refractivity contribution in [2.45, 2.75) is 20.0 Å². The van der Waals surface area contributed by atoms with Crippen LogP contribution in [0.15, 0.2) is 76.3 Å². The highest BCUT2D eigenvalue weighted by Gasteiger charge is 2.12. The Balaban J connectivity index is 1.63. The van der Waals surface area contributed by atoms with Crippen molar-refractivity contribution < 1.29 is 14.3 Å². The lowest BCUT2D eigenvalue weighted by Gasteiger charge is -2.13. The van der Waals surface area contributed by atoms with Gasteiger partial charge in [0.25, 0.3) is 0 Å². The van der Waals surface area contributed by atoms with E-state index in [1.165, 1.54) is 5.56 Å². The van der Waals surface area contributed by atoms with Crippen LogP contribution in [0.1, 0.15) is 22.3 Å². The summed E-state index contributed by atoms with van der Waals surface area (Å²) in [5.74, 6) is 1.01. The van der Waals surface area contributed by atoms with Crippen LogP contribution < -0.4 is 14.9 Å². The number of aryl methyl sites for hydroxylation is 1. The van der Waals surface area contributed by atoms with Crippen molar-refractivity contribution in [3.05, 3.63) is 93.5 Å². The highest BCUT2D eigenvalue weighted by atomic mass is 79.9. The van der Waals surface area contributed by atoms with Crippen LogP contribution in [0.2, 0.25) is 0 Å². The molecule has 0 aliphatic rings. The molecule has 1 N–H and O–H groups in total. The number of hydrogen-bond acceptors (Lipinski definition) is 4. The molecule has 0 bridgehead atoms. The van der Waals surface area contributed by atoms with Crippen LogP contribution in [-0.2, 0) is 17.8 Å². The highest BCUT2D eigenvalue weighted by Crippen LogP contribution is 2.36. The molecule has 6 heteroatoms. The van der Waals surface area contributed by atoms with Crippen molar-refractivity contribution in [3.63, 3.8) is 0 Å². The van der Waals surface area contributed by atoms with Crippen molar-refractivity contribution in [1.29, 1.82) is 0 Å². The highest BCUT2D eigenvalue weighted by molar-refractivity contribution is 9.10. The smallest absolute Gasteiger partial charge is 0.244 e. The number of amides is 1. The number of nitrogens with zero attached hydrogens (tertiary/aromatic N) is 1. The zero-order valence-corrected chi connectivity index (χ0v) is 18.5. The van der Waals surface area contributed by atoms with Crippen LogP contribution in [0, 0.1) is 6.92 Å². The summed E-state index contributed by atoms with van der Waals surface area (Å²) in [5, 5.41) is 4.04. The quantitative estimate of drug-likeness (QED) is 0.373. The zero-order chi connectivity index (χ0) is 21.3. The number of methoxy groups -OCH3 is 1. The summed E-state index contributed by atoms with van der Waals surface area (Å²) in [6.45, 7) is 2.48. The Labute approximate surface area is 184 Å². The average molecular weight is 467 g/mol. The largest absolute Gasteiger partial charge is 0.493 e. The number of carbonyl (C=O) groups excluding carboxylic acids is 1. The van der Waals surface area contributed by atoms with Crippen molar-refractivity contribution >= 4 is 28.1 Å². The Hall–Kier alpha value is -3.12. The van der Waals surface area contributed by atoms with Crippen LogP contribution in [0.3, 0.4) is 0 Å². The molecule has 154 valence electrons. The monoisotopic (exact) mass is 466 g/mol. The number of carbonyl (C=O) groups is 1. The Morgan fingerprint density at radius 3 is 2.50 bits per heavy atom. The summed E-state index contributed by atoms with van der Waals surface area (Å²) in [6, 6.07) is 21.4. The van der Waals surface area contributed by atoms with Gasteiger partial charge in [-0.3, -0.25) is 4.79 Å². The van der Waals surface area contributed by atoms with E-state index in [4.69, 9.17) is 9.47 Å². The van der Waals surface area contributed by atoms with Gasteiger partial charge >= 0.3 is 0 Å². The number of rotatable bonds is 8. The fourth-order valence-corrected chi connectivity index (χ4v) is 3.37. The van der Waals surface area contributed by atoms with Gasteiger partial charge in [0.1, 0.15) is 6.61 Å². The van der Waals surface area contributed by atoms with E-state index < -0.39 is 0 Å². The molecule has 0 radical (unpaired) electrons. The molecule has 0 spiro atoms. The summed E-state index contributed by atoms with van der Waals surface area (Å²) < 4.78 is 12.2. The third-order valence-electron chi connectivity index (χ3n) is 4.37. The number of nitrogens with one attached hydrogen (secondary N) is 1. The molecule has 3 aromatic rings. The van der Waals surface area contributed by atoms with E-state index in [0.717, 1.165) is 21.2 Å². The zero-order valence-electron chi connectivity index (χ0n) is 16.9. The Bertz CT molecular complexity index is 1020. The second-order valence-corrected chi connectivity index (χ2v) is 7.62. The Kier molecular flexibility index (Phi) is 7.63. The normalized spacial score (nSPS) is 10.8. The number of ether oxygens (including phenoxy) is 2. The van der Waals surface area contributed by atoms with E-state index in [-0.39, 0.29) is 12.3 Å². The van der Waals surface area contributed by atoms with Crippen LogP contribution in [0.4, 0.5) is 0 Å². The van der Waals surface area contributed by atoms with E-state index in [2.05, 4.69) is 45.5 Å². The van der Waals surface area contributed by atoms with Gasteiger partial charge in [-0.2, -0.15) is 5.10 Å². The number of halogens is 1. The Morgan fingerprint density at radius 2 is 1.80 bits per heavy atom. The van der Waals surface area contributed by atoms with Gasteiger partial charge in [0.05, 0.1) is 24.2 Å². The summed E-state index contributed by atoms with van der Waals surface area (Å²) in [4.78, 5) is 12.0. The van der Waals surface area contributed by atoms with E-state index in [9.17, 15) is 4.79 Å². The summed E-state index contributed by atoms with van der Waals surface area (Å²) >= 11 is 3.54. The average Bonchev–Trinajstić information content (AvgIpc) is 2.74. The maximum Gasteiger partial charge on any atom is 0.244 e. The van der Waals surface area contributed by atoms with Crippen molar-refractivity contribution in [2.75, 3.05) is 7.11 Å². The first-order valence-electron chi connectivity index (χ1n) is 9.47. The van der Waals surface area contributed by atoms with Gasteiger partial charge in [-0.15, -0.1) is 0 Å². The molecule has 0 saturated heterocycles. The van der Waals surface area contributed by atoms with E-state index in [0.29, 0.717) is 18.1 Å². The van der Waals surface area contributed by atoms with Gasteiger partial charge in [0.15, 0.2) is 11.5 Å². The molecule has 0 atom stereocenters. The molecule has 0 heterocycles. The maximum atomic E-state index is 12.0. The van der Waals surface area contributed by atoms with Crippen molar-refractivity contribution in [1.82, 2.24) is 5.43 Å². The second-order valence-electron chi connectivity index (χ2n) is 6.76. The summed E-state index contributed by atoms with van der Waals surface area (Å²) in [7, 11) is 1.59. The molecule has 0 fully saturated rings. The second kappa shape index (κ2) is 10.6. The lowest BCUT2D eigenvalue weighted by Crippen LogP contribution is -2.19. The molecule has 3 aromatic carbocycles. The molecule has 30 heavy (non-hydrogen) atoms. The molecule has 0 unspecified atom stereocenters. The molecule has 0 aliphatic heterocycles. The first-order chi connectivity index (χ1) is 14.5. The molecule has 0 aliphatic carbocycles. The SMILES string of the molecule is COc1cc(/C=N\NC(=O)Cc2ccccc2)cc(Br)c1OCc1ccc(C)cc1. The first-order valence-corrected chi connectivity index (χ1v) is 10.3. The van der Waals surface area contributed by atoms with Crippen LogP contribution in [0.25, 0.3) is 0 Å². The molecule has 0 saturated carbocycles. The lowest BCUT2D eigenvalue weighted by molar-refractivity contribution is -0.120. The fraction of sp³-hybridized carbons (Fsp3) is 0.167. The van der Waals surface area contributed by atoms with E-state index in [1.807, 2.05) is 54.6 Å². The predicted octanol–water partition coefficient (Wildman–Crippen LogP) is 5.04. The summed E-state index contributed by atoms with van der Waals surface area (Å²) in [5.41, 5.74) is 6.52. The van der Waals surface area contributed by atoms with Gasteiger partial charge in [0.2, 0.25) is 5.91 Å². The predicted molar refractivity (Wildman–Crippen MR) is 122 cm³/mol. The Morgan fingerprint density at radius 1 is 1.07 bits per heavy atom. The minimum atomic E-state index is -0.179. The third-order valence-corrected chi connectivity index (χ3v) is 4.95. The minimum Gasteiger partial charge on any atom is -0.493 e. The van der Waals surface area contributed by atoms with Crippen molar-refractivity contribution in [3.8, 4) is 11.5 Å².